The van der Waals surface area contributed by atoms with Gasteiger partial charge in [0.2, 0.25) is 7.37 Å². The summed E-state index contributed by atoms with van der Waals surface area (Å²) in [4.78, 5) is 9.98. The Morgan fingerprint density at radius 3 is 2.29 bits per heavy atom. The second-order valence-corrected chi connectivity index (χ2v) is 8.78. The van der Waals surface area contributed by atoms with Gasteiger partial charge in [0.15, 0.2) is 0 Å². The Balaban J connectivity index is 2.57. The van der Waals surface area contributed by atoms with E-state index >= 15 is 0 Å². The molecule has 0 aliphatic rings. The van der Waals surface area contributed by atoms with Crippen molar-refractivity contribution >= 4 is 7.37 Å². The van der Waals surface area contributed by atoms with E-state index in [1.54, 1.807) is 0 Å². The van der Waals surface area contributed by atoms with Gasteiger partial charge in [-0.3, -0.25) is 4.57 Å². The number of unbranched alkanes of at least 4 members (excludes halogenated alkanes) is 1. The van der Waals surface area contributed by atoms with Crippen LogP contribution in [0.4, 0.5) is 0 Å². The van der Waals surface area contributed by atoms with E-state index in [0.29, 0.717) is 24.2 Å². The Labute approximate surface area is 130 Å². The van der Waals surface area contributed by atoms with Gasteiger partial charge in [-0.2, -0.15) is 0 Å². The molecule has 3 heteroatoms. The minimum Gasteiger partial charge on any atom is -0.344 e. The Hall–Kier alpha value is -0.590. The van der Waals surface area contributed by atoms with E-state index in [4.69, 9.17) is 0 Å². The quantitative estimate of drug-likeness (QED) is 0.565. The van der Waals surface area contributed by atoms with Crippen LogP contribution in [0.5, 0.6) is 0 Å². The molecule has 1 rings (SSSR count). The summed E-state index contributed by atoms with van der Waals surface area (Å²) in [5.74, 6) is 1.11. The molecule has 1 aromatic rings. The SMILES string of the molecule is CCCCP(=O)(O)CCCC(c1ccccc1)C(C)CC. The van der Waals surface area contributed by atoms with Gasteiger partial charge in [-0.15, -0.1) is 0 Å². The highest BCUT2D eigenvalue weighted by Gasteiger charge is 2.21. The number of hydrogen-bond donors (Lipinski definition) is 1. The molecule has 0 saturated carbocycles. The summed E-state index contributed by atoms with van der Waals surface area (Å²) in [7, 11) is -2.90. The van der Waals surface area contributed by atoms with Crippen LogP contribution in [-0.2, 0) is 4.57 Å². The highest BCUT2D eigenvalue weighted by molar-refractivity contribution is 7.57. The van der Waals surface area contributed by atoms with Crippen molar-refractivity contribution in [1.29, 1.82) is 0 Å². The maximum Gasteiger partial charge on any atom is 0.200 e. The molecule has 2 nitrogen and oxygen atoms in total. The molecule has 0 radical (unpaired) electrons. The fourth-order valence-electron chi connectivity index (χ4n) is 2.84. The third-order valence-electron chi connectivity index (χ3n) is 4.44. The Kier molecular flexibility index (Phi) is 8.29. The van der Waals surface area contributed by atoms with Crippen LogP contribution in [0.2, 0.25) is 0 Å². The molecule has 1 N–H and O–H groups in total. The van der Waals surface area contributed by atoms with Crippen LogP contribution in [0.25, 0.3) is 0 Å². The van der Waals surface area contributed by atoms with Gasteiger partial charge >= 0.3 is 0 Å². The minimum absolute atomic E-state index is 0.479. The first kappa shape index (κ1) is 18.5. The Bertz CT molecular complexity index is 430. The molecule has 0 bridgehead atoms. The van der Waals surface area contributed by atoms with Gasteiger partial charge < -0.3 is 4.89 Å². The lowest BCUT2D eigenvalue weighted by Crippen LogP contribution is -2.10. The van der Waals surface area contributed by atoms with Crippen molar-refractivity contribution in [1.82, 2.24) is 0 Å². The fraction of sp³-hybridized carbons (Fsp3) is 0.667. The monoisotopic (exact) mass is 310 g/mol. The van der Waals surface area contributed by atoms with Crippen LogP contribution in [0.1, 0.15) is 64.4 Å². The number of benzene rings is 1. The summed E-state index contributed by atoms with van der Waals surface area (Å²) in [6, 6.07) is 10.6. The van der Waals surface area contributed by atoms with Crippen molar-refractivity contribution in [3.8, 4) is 0 Å². The third-order valence-corrected chi connectivity index (χ3v) is 6.47. The van der Waals surface area contributed by atoms with Gasteiger partial charge in [0, 0.05) is 12.3 Å². The highest BCUT2D eigenvalue weighted by atomic mass is 31.2. The predicted octanol–water partition coefficient (Wildman–Crippen LogP) is 5.67. The topological polar surface area (TPSA) is 37.3 Å². The maximum atomic E-state index is 12.1. The van der Waals surface area contributed by atoms with Crippen LogP contribution in [-0.4, -0.2) is 17.2 Å². The first-order valence-corrected chi connectivity index (χ1v) is 10.4. The van der Waals surface area contributed by atoms with E-state index in [1.165, 1.54) is 5.56 Å². The van der Waals surface area contributed by atoms with Crippen LogP contribution >= 0.6 is 7.37 Å². The summed E-state index contributed by atoms with van der Waals surface area (Å²) in [5, 5.41) is 0. The van der Waals surface area contributed by atoms with Gasteiger partial charge in [0.1, 0.15) is 0 Å². The van der Waals surface area contributed by atoms with Crippen LogP contribution in [0.3, 0.4) is 0 Å². The Morgan fingerprint density at radius 2 is 1.71 bits per heavy atom. The molecule has 1 aromatic carbocycles. The molecule has 120 valence electrons. The van der Waals surface area contributed by atoms with Crippen molar-refractivity contribution in [2.24, 2.45) is 5.92 Å². The predicted molar refractivity (Wildman–Crippen MR) is 92.3 cm³/mol. The molecule has 0 aromatic heterocycles. The molecule has 21 heavy (non-hydrogen) atoms. The first-order valence-electron chi connectivity index (χ1n) is 8.36. The molecule has 0 fully saturated rings. The molecular formula is C18H31O2P. The summed E-state index contributed by atoms with van der Waals surface area (Å²) in [5.41, 5.74) is 1.37. The first-order chi connectivity index (χ1) is 10.00. The van der Waals surface area contributed by atoms with Crippen molar-refractivity contribution in [3.63, 3.8) is 0 Å². The van der Waals surface area contributed by atoms with Crippen LogP contribution in [0, 0.1) is 5.92 Å². The number of hydrogen-bond acceptors (Lipinski definition) is 1. The van der Waals surface area contributed by atoms with Crippen molar-refractivity contribution in [2.75, 3.05) is 12.3 Å². The minimum atomic E-state index is -2.90. The maximum absolute atomic E-state index is 12.1. The standard InChI is InChI=1S/C18H31O2P/c1-4-6-14-21(19,20)15-10-13-18(16(3)5-2)17-11-8-7-9-12-17/h7-9,11-12,16,18H,4-6,10,13-15H2,1-3H3,(H,19,20). The van der Waals surface area contributed by atoms with Crippen molar-refractivity contribution < 1.29 is 9.46 Å². The molecule has 0 amide bonds. The van der Waals surface area contributed by atoms with Crippen LogP contribution < -0.4 is 0 Å². The molecule has 3 unspecified atom stereocenters. The summed E-state index contributed by atoms with van der Waals surface area (Å²) < 4.78 is 12.1. The Morgan fingerprint density at radius 1 is 1.10 bits per heavy atom. The summed E-state index contributed by atoms with van der Waals surface area (Å²) in [6.45, 7) is 6.57. The molecule has 0 aliphatic carbocycles. The van der Waals surface area contributed by atoms with Gasteiger partial charge in [0.25, 0.3) is 0 Å². The molecule has 0 heterocycles. The molecule has 0 saturated heterocycles. The number of rotatable bonds is 10. The van der Waals surface area contributed by atoms with Gasteiger partial charge in [-0.25, -0.2) is 0 Å². The normalized spacial score (nSPS) is 17.1. The van der Waals surface area contributed by atoms with E-state index in [9.17, 15) is 9.46 Å². The zero-order chi connectivity index (χ0) is 15.7. The van der Waals surface area contributed by atoms with Gasteiger partial charge in [0.05, 0.1) is 0 Å². The highest BCUT2D eigenvalue weighted by Crippen LogP contribution is 2.43. The lowest BCUT2D eigenvalue weighted by molar-refractivity contribution is 0.414. The second kappa shape index (κ2) is 9.43. The zero-order valence-electron chi connectivity index (χ0n) is 13.8. The van der Waals surface area contributed by atoms with Crippen molar-refractivity contribution in [2.45, 2.75) is 58.8 Å². The average molecular weight is 310 g/mol. The lowest BCUT2D eigenvalue weighted by atomic mass is 9.82. The van der Waals surface area contributed by atoms with E-state index in [1.807, 2.05) is 6.07 Å². The van der Waals surface area contributed by atoms with E-state index < -0.39 is 7.37 Å². The third kappa shape index (κ3) is 6.80. The average Bonchev–Trinajstić information content (AvgIpc) is 2.50. The van der Waals surface area contributed by atoms with Gasteiger partial charge in [-0.05, 0) is 36.7 Å². The van der Waals surface area contributed by atoms with Gasteiger partial charge in [-0.1, -0.05) is 63.9 Å². The van der Waals surface area contributed by atoms with E-state index in [-0.39, 0.29) is 0 Å². The fourth-order valence-corrected chi connectivity index (χ4v) is 4.55. The molecule has 3 atom stereocenters. The van der Waals surface area contributed by atoms with E-state index in [0.717, 1.165) is 32.1 Å². The second-order valence-electron chi connectivity index (χ2n) is 6.19. The summed E-state index contributed by atoms with van der Waals surface area (Å²) in [6.07, 6.45) is 5.82. The summed E-state index contributed by atoms with van der Waals surface area (Å²) >= 11 is 0. The molecule has 0 aliphatic heterocycles. The molecule has 0 spiro atoms. The van der Waals surface area contributed by atoms with Crippen molar-refractivity contribution in [3.05, 3.63) is 35.9 Å². The molecular weight excluding hydrogens is 279 g/mol. The van der Waals surface area contributed by atoms with Crippen LogP contribution in [0.15, 0.2) is 30.3 Å². The van der Waals surface area contributed by atoms with E-state index in [2.05, 4.69) is 45.0 Å². The smallest absolute Gasteiger partial charge is 0.200 e. The lowest BCUT2D eigenvalue weighted by Gasteiger charge is -2.24. The largest absolute Gasteiger partial charge is 0.344 e. The zero-order valence-corrected chi connectivity index (χ0v) is 14.7.